The van der Waals surface area contributed by atoms with E-state index in [2.05, 4.69) is 27.4 Å². The number of hydrogen-bond donors (Lipinski definition) is 1. The molecule has 0 saturated carbocycles. The number of carbonyl (C=O) groups excluding carboxylic acids is 1. The average molecular weight is 343 g/mol. The van der Waals surface area contributed by atoms with Crippen molar-refractivity contribution < 1.29 is 4.79 Å². The number of rotatable bonds is 4. The highest BCUT2D eigenvalue weighted by atomic mass is 32.2. The first-order chi connectivity index (χ1) is 11.0. The molecule has 3 aromatic rings. The van der Waals surface area contributed by atoms with Gasteiger partial charge >= 0.3 is 0 Å². The number of aryl methyl sites for hydroxylation is 3. The van der Waals surface area contributed by atoms with Gasteiger partial charge in [0.15, 0.2) is 0 Å². The van der Waals surface area contributed by atoms with E-state index >= 15 is 0 Å². The molecule has 0 aliphatic rings. The van der Waals surface area contributed by atoms with Gasteiger partial charge in [0.05, 0.1) is 5.75 Å². The second-order valence-corrected chi connectivity index (χ2v) is 7.67. The van der Waals surface area contributed by atoms with Crippen molar-refractivity contribution in [3.8, 4) is 0 Å². The van der Waals surface area contributed by atoms with Gasteiger partial charge in [-0.15, -0.1) is 11.3 Å². The van der Waals surface area contributed by atoms with Gasteiger partial charge in [-0.2, -0.15) is 0 Å². The van der Waals surface area contributed by atoms with Gasteiger partial charge in [0.2, 0.25) is 5.91 Å². The van der Waals surface area contributed by atoms with Crippen molar-refractivity contribution in [2.24, 2.45) is 0 Å². The molecule has 0 aliphatic carbocycles. The Kier molecular flexibility index (Phi) is 4.63. The van der Waals surface area contributed by atoms with Crippen molar-refractivity contribution in [1.82, 2.24) is 9.97 Å². The zero-order chi connectivity index (χ0) is 16.4. The van der Waals surface area contributed by atoms with E-state index < -0.39 is 0 Å². The molecule has 0 aliphatic heterocycles. The number of nitrogens with zero attached hydrogens (tertiary/aromatic N) is 2. The molecule has 1 amide bonds. The fourth-order valence-corrected chi connectivity index (χ4v) is 4.13. The SMILES string of the molecule is Cc1cc(C)cc(NC(=O)CSc2ncnc3sc(C)cc23)c1. The number of thiophene rings is 1. The van der Waals surface area contributed by atoms with Crippen LogP contribution in [0.1, 0.15) is 16.0 Å². The summed E-state index contributed by atoms with van der Waals surface area (Å²) in [5.74, 6) is 0.298. The summed E-state index contributed by atoms with van der Waals surface area (Å²) in [6.07, 6.45) is 1.56. The summed E-state index contributed by atoms with van der Waals surface area (Å²) in [4.78, 5) is 22.9. The molecule has 2 aromatic heterocycles. The maximum Gasteiger partial charge on any atom is 0.234 e. The third kappa shape index (κ3) is 3.89. The highest BCUT2D eigenvalue weighted by Gasteiger charge is 2.10. The Morgan fingerprint density at radius 3 is 2.61 bits per heavy atom. The number of nitrogens with one attached hydrogen (secondary N) is 1. The molecule has 118 valence electrons. The highest BCUT2D eigenvalue weighted by Crippen LogP contribution is 2.30. The lowest BCUT2D eigenvalue weighted by Crippen LogP contribution is -2.14. The van der Waals surface area contributed by atoms with Crippen LogP contribution in [0.15, 0.2) is 35.6 Å². The van der Waals surface area contributed by atoms with E-state index in [0.717, 1.165) is 32.1 Å². The Morgan fingerprint density at radius 2 is 1.87 bits per heavy atom. The number of anilines is 1. The van der Waals surface area contributed by atoms with Crippen molar-refractivity contribution >= 4 is 44.9 Å². The van der Waals surface area contributed by atoms with Crippen molar-refractivity contribution in [3.05, 3.63) is 46.6 Å². The van der Waals surface area contributed by atoms with E-state index in [4.69, 9.17) is 0 Å². The van der Waals surface area contributed by atoms with E-state index in [9.17, 15) is 4.79 Å². The van der Waals surface area contributed by atoms with Crippen molar-refractivity contribution in [2.75, 3.05) is 11.1 Å². The summed E-state index contributed by atoms with van der Waals surface area (Å²) >= 11 is 3.08. The van der Waals surface area contributed by atoms with Crippen molar-refractivity contribution in [1.29, 1.82) is 0 Å². The molecule has 3 rings (SSSR count). The molecule has 0 radical (unpaired) electrons. The Balaban J connectivity index is 1.68. The Hall–Kier alpha value is -1.92. The van der Waals surface area contributed by atoms with Gasteiger partial charge in [0, 0.05) is 16.0 Å². The topological polar surface area (TPSA) is 54.9 Å². The maximum absolute atomic E-state index is 12.2. The van der Waals surface area contributed by atoms with Crippen LogP contribution < -0.4 is 5.32 Å². The van der Waals surface area contributed by atoms with Crippen LogP contribution in [-0.4, -0.2) is 21.6 Å². The van der Waals surface area contributed by atoms with Gasteiger partial charge in [-0.25, -0.2) is 9.97 Å². The van der Waals surface area contributed by atoms with Gasteiger partial charge in [-0.1, -0.05) is 17.8 Å². The number of hydrogen-bond acceptors (Lipinski definition) is 5. The lowest BCUT2D eigenvalue weighted by molar-refractivity contribution is -0.113. The first-order valence-corrected chi connectivity index (χ1v) is 9.03. The normalized spacial score (nSPS) is 10.9. The molecular weight excluding hydrogens is 326 g/mol. The van der Waals surface area contributed by atoms with Gasteiger partial charge < -0.3 is 5.32 Å². The average Bonchev–Trinajstić information content (AvgIpc) is 2.84. The third-order valence-corrected chi connectivity index (χ3v) is 5.23. The summed E-state index contributed by atoms with van der Waals surface area (Å²) in [5, 5.41) is 4.83. The number of aromatic nitrogens is 2. The number of carbonyl (C=O) groups is 1. The molecule has 0 atom stereocenters. The molecule has 6 heteroatoms. The summed E-state index contributed by atoms with van der Waals surface area (Å²) in [6, 6.07) is 8.10. The molecule has 1 N–H and O–H groups in total. The minimum Gasteiger partial charge on any atom is -0.325 e. The fourth-order valence-electron chi connectivity index (χ4n) is 2.45. The molecule has 0 spiro atoms. The predicted octanol–water partition coefficient (Wildman–Crippen LogP) is 4.35. The molecule has 23 heavy (non-hydrogen) atoms. The van der Waals surface area contributed by atoms with Crippen LogP contribution in [0, 0.1) is 20.8 Å². The zero-order valence-electron chi connectivity index (χ0n) is 13.2. The van der Waals surface area contributed by atoms with E-state index in [1.54, 1.807) is 17.7 Å². The van der Waals surface area contributed by atoms with Gasteiger partial charge in [-0.3, -0.25) is 4.79 Å². The first kappa shape index (κ1) is 16.0. The molecular formula is C17H17N3OS2. The summed E-state index contributed by atoms with van der Waals surface area (Å²) in [5.41, 5.74) is 3.12. The smallest absolute Gasteiger partial charge is 0.234 e. The van der Waals surface area contributed by atoms with Crippen LogP contribution in [0.3, 0.4) is 0 Å². The monoisotopic (exact) mass is 343 g/mol. The minimum absolute atomic E-state index is 0.0290. The maximum atomic E-state index is 12.2. The molecule has 0 fully saturated rings. The zero-order valence-corrected chi connectivity index (χ0v) is 14.8. The molecule has 0 saturated heterocycles. The Labute approximate surface area is 143 Å². The standard InChI is InChI=1S/C17H17N3OS2/c1-10-4-11(2)6-13(5-10)20-15(21)8-22-16-14-7-12(3)23-17(14)19-9-18-16/h4-7,9H,8H2,1-3H3,(H,20,21). The number of amides is 1. The lowest BCUT2D eigenvalue weighted by Gasteiger charge is -2.07. The highest BCUT2D eigenvalue weighted by molar-refractivity contribution is 8.00. The Morgan fingerprint density at radius 1 is 1.13 bits per heavy atom. The van der Waals surface area contributed by atoms with Crippen LogP contribution in [0.25, 0.3) is 10.2 Å². The number of thioether (sulfide) groups is 1. The van der Waals surface area contributed by atoms with E-state index in [1.807, 2.05) is 32.9 Å². The quantitative estimate of drug-likeness (QED) is 0.565. The lowest BCUT2D eigenvalue weighted by atomic mass is 10.1. The summed E-state index contributed by atoms with van der Waals surface area (Å²) in [6.45, 7) is 6.09. The van der Waals surface area contributed by atoms with Crippen LogP contribution in [0.2, 0.25) is 0 Å². The van der Waals surface area contributed by atoms with Crippen molar-refractivity contribution in [2.45, 2.75) is 25.8 Å². The molecule has 0 unspecified atom stereocenters. The van der Waals surface area contributed by atoms with Gasteiger partial charge in [-0.05, 0) is 50.1 Å². The van der Waals surface area contributed by atoms with E-state index in [0.29, 0.717) is 5.75 Å². The van der Waals surface area contributed by atoms with Gasteiger partial charge in [0.25, 0.3) is 0 Å². The summed E-state index contributed by atoms with van der Waals surface area (Å²) < 4.78 is 0. The predicted molar refractivity (Wildman–Crippen MR) is 97.4 cm³/mol. The molecule has 0 bridgehead atoms. The van der Waals surface area contributed by atoms with Crippen LogP contribution in [0.4, 0.5) is 5.69 Å². The summed E-state index contributed by atoms with van der Waals surface area (Å²) in [7, 11) is 0. The Bertz CT molecular complexity index is 853. The fraction of sp³-hybridized carbons (Fsp3) is 0.235. The van der Waals surface area contributed by atoms with Crippen molar-refractivity contribution in [3.63, 3.8) is 0 Å². The third-order valence-electron chi connectivity index (χ3n) is 3.26. The largest absolute Gasteiger partial charge is 0.325 e. The second kappa shape index (κ2) is 6.68. The second-order valence-electron chi connectivity index (χ2n) is 5.47. The number of benzene rings is 1. The van der Waals surface area contributed by atoms with E-state index in [1.165, 1.54) is 16.6 Å². The number of fused-ring (bicyclic) bond motifs is 1. The molecule has 2 heterocycles. The molecule has 4 nitrogen and oxygen atoms in total. The van der Waals surface area contributed by atoms with Gasteiger partial charge in [0.1, 0.15) is 16.2 Å². The van der Waals surface area contributed by atoms with E-state index in [-0.39, 0.29) is 5.91 Å². The minimum atomic E-state index is -0.0290. The van der Waals surface area contributed by atoms with Crippen LogP contribution in [0.5, 0.6) is 0 Å². The molecule has 1 aromatic carbocycles. The first-order valence-electron chi connectivity index (χ1n) is 7.23. The van der Waals surface area contributed by atoms with Crippen LogP contribution >= 0.6 is 23.1 Å². The van der Waals surface area contributed by atoms with Crippen LogP contribution in [-0.2, 0) is 4.79 Å².